The van der Waals surface area contributed by atoms with Crippen LogP contribution in [0.4, 0.5) is 0 Å². The van der Waals surface area contributed by atoms with E-state index >= 15 is 0 Å². The monoisotopic (exact) mass is 321 g/mol. The van der Waals surface area contributed by atoms with Gasteiger partial charge in [-0.05, 0) is 42.0 Å². The molecule has 0 saturated carbocycles. The van der Waals surface area contributed by atoms with Crippen LogP contribution in [-0.2, 0) is 25.8 Å². The summed E-state index contributed by atoms with van der Waals surface area (Å²) >= 11 is 0. The number of methoxy groups -OCH3 is 1. The highest BCUT2D eigenvalue weighted by molar-refractivity contribution is 5.37. The lowest BCUT2D eigenvalue weighted by Gasteiger charge is -2.09. The molecule has 0 unspecified atom stereocenters. The molecule has 0 radical (unpaired) electrons. The van der Waals surface area contributed by atoms with E-state index in [-0.39, 0.29) is 0 Å². The number of aromatic nitrogens is 3. The van der Waals surface area contributed by atoms with Crippen LogP contribution in [0, 0.1) is 0 Å². The van der Waals surface area contributed by atoms with E-state index in [1.165, 1.54) is 16.7 Å². The quantitative estimate of drug-likeness (QED) is 0.666. The summed E-state index contributed by atoms with van der Waals surface area (Å²) in [5.41, 5.74) is 4.80. The summed E-state index contributed by atoms with van der Waals surface area (Å²) in [4.78, 5) is 0. The highest BCUT2D eigenvalue weighted by Gasteiger charge is 2.07. The fourth-order valence-corrected chi connectivity index (χ4v) is 2.81. The molecule has 0 N–H and O–H groups in total. The van der Waals surface area contributed by atoms with E-state index in [9.17, 15) is 0 Å². The van der Waals surface area contributed by atoms with E-state index < -0.39 is 0 Å². The van der Waals surface area contributed by atoms with Gasteiger partial charge in [-0.1, -0.05) is 54.6 Å². The van der Waals surface area contributed by atoms with Crippen molar-refractivity contribution in [3.8, 4) is 5.75 Å². The standard InChI is InChI=1S/C20H23N3O/c1-3-16-9-12-20(24-2)18(13-16)10-11-19-15-23(22-21-19)14-17-7-5-4-6-8-17/h4-9,12-13,15H,3,10-11,14H2,1-2H3. The first-order valence-corrected chi connectivity index (χ1v) is 8.37. The molecule has 0 spiro atoms. The fourth-order valence-electron chi connectivity index (χ4n) is 2.81. The van der Waals surface area contributed by atoms with Gasteiger partial charge in [0.05, 0.1) is 19.3 Å². The lowest BCUT2D eigenvalue weighted by Crippen LogP contribution is -2.00. The van der Waals surface area contributed by atoms with Crippen LogP contribution in [0.25, 0.3) is 0 Å². The summed E-state index contributed by atoms with van der Waals surface area (Å²) in [6, 6.07) is 16.7. The van der Waals surface area contributed by atoms with Crippen LogP contribution < -0.4 is 4.74 Å². The average Bonchev–Trinajstić information content (AvgIpc) is 3.08. The normalized spacial score (nSPS) is 10.8. The Morgan fingerprint density at radius 1 is 1.00 bits per heavy atom. The molecular formula is C20H23N3O. The van der Waals surface area contributed by atoms with Crippen LogP contribution in [-0.4, -0.2) is 22.1 Å². The van der Waals surface area contributed by atoms with Gasteiger partial charge in [-0.25, -0.2) is 4.68 Å². The highest BCUT2D eigenvalue weighted by Crippen LogP contribution is 2.22. The van der Waals surface area contributed by atoms with E-state index in [4.69, 9.17) is 4.74 Å². The van der Waals surface area contributed by atoms with Gasteiger partial charge in [0.15, 0.2) is 0 Å². The summed E-state index contributed by atoms with van der Waals surface area (Å²) in [6.07, 6.45) is 4.83. The lowest BCUT2D eigenvalue weighted by molar-refractivity contribution is 0.409. The van der Waals surface area contributed by atoms with E-state index in [1.54, 1.807) is 7.11 Å². The van der Waals surface area contributed by atoms with Crippen molar-refractivity contribution in [2.45, 2.75) is 32.7 Å². The summed E-state index contributed by atoms with van der Waals surface area (Å²) in [6.45, 7) is 2.92. The number of rotatable bonds is 7. The Morgan fingerprint density at radius 3 is 2.58 bits per heavy atom. The van der Waals surface area contributed by atoms with Gasteiger partial charge in [0.2, 0.25) is 0 Å². The highest BCUT2D eigenvalue weighted by atomic mass is 16.5. The molecular weight excluding hydrogens is 298 g/mol. The van der Waals surface area contributed by atoms with Crippen molar-refractivity contribution in [3.63, 3.8) is 0 Å². The first kappa shape index (κ1) is 16.2. The zero-order valence-electron chi connectivity index (χ0n) is 14.3. The molecule has 0 saturated heterocycles. The number of benzene rings is 2. The third kappa shape index (κ3) is 4.02. The summed E-state index contributed by atoms with van der Waals surface area (Å²) in [5, 5.41) is 8.53. The molecule has 0 aliphatic rings. The van der Waals surface area contributed by atoms with Gasteiger partial charge in [-0.2, -0.15) is 0 Å². The maximum atomic E-state index is 5.48. The molecule has 3 aromatic rings. The van der Waals surface area contributed by atoms with Gasteiger partial charge in [-0.15, -0.1) is 5.10 Å². The second-order valence-electron chi connectivity index (χ2n) is 5.89. The van der Waals surface area contributed by atoms with E-state index in [0.29, 0.717) is 0 Å². The predicted octanol–water partition coefficient (Wildman–Crippen LogP) is 3.68. The van der Waals surface area contributed by atoms with Gasteiger partial charge < -0.3 is 4.74 Å². The minimum absolute atomic E-state index is 0.752. The first-order chi connectivity index (χ1) is 11.8. The Balaban J connectivity index is 1.65. The van der Waals surface area contributed by atoms with Crippen LogP contribution in [0.1, 0.15) is 29.3 Å². The molecule has 4 nitrogen and oxygen atoms in total. The molecule has 124 valence electrons. The van der Waals surface area contributed by atoms with Crippen molar-refractivity contribution >= 4 is 0 Å². The van der Waals surface area contributed by atoms with Gasteiger partial charge in [0, 0.05) is 6.20 Å². The first-order valence-electron chi connectivity index (χ1n) is 8.37. The number of hydrogen-bond donors (Lipinski definition) is 0. The minimum atomic E-state index is 0.752. The number of hydrogen-bond acceptors (Lipinski definition) is 3. The van der Waals surface area contributed by atoms with Gasteiger partial charge in [0.25, 0.3) is 0 Å². The maximum absolute atomic E-state index is 5.48. The third-order valence-electron chi connectivity index (χ3n) is 4.18. The Morgan fingerprint density at radius 2 is 1.83 bits per heavy atom. The summed E-state index contributed by atoms with van der Waals surface area (Å²) in [7, 11) is 1.72. The molecule has 0 aliphatic heterocycles. The molecule has 1 heterocycles. The molecule has 0 atom stereocenters. The minimum Gasteiger partial charge on any atom is -0.496 e. The third-order valence-corrected chi connectivity index (χ3v) is 4.18. The molecule has 0 aliphatic carbocycles. The molecule has 0 bridgehead atoms. The Labute approximate surface area is 143 Å². The summed E-state index contributed by atoms with van der Waals surface area (Å²) < 4.78 is 7.37. The smallest absolute Gasteiger partial charge is 0.122 e. The van der Waals surface area contributed by atoms with E-state index in [1.807, 2.05) is 29.1 Å². The molecule has 0 amide bonds. The molecule has 24 heavy (non-hydrogen) atoms. The molecule has 3 rings (SSSR count). The number of aryl methyl sites for hydroxylation is 3. The second kappa shape index (κ2) is 7.77. The Bertz CT molecular complexity index is 781. The van der Waals surface area contributed by atoms with Crippen molar-refractivity contribution < 1.29 is 4.74 Å². The Kier molecular flexibility index (Phi) is 5.26. The van der Waals surface area contributed by atoms with Crippen molar-refractivity contribution in [3.05, 3.63) is 77.1 Å². The summed E-state index contributed by atoms with van der Waals surface area (Å²) in [5.74, 6) is 0.948. The van der Waals surface area contributed by atoms with Crippen molar-refractivity contribution in [1.29, 1.82) is 0 Å². The fraction of sp³-hybridized carbons (Fsp3) is 0.300. The molecule has 0 fully saturated rings. The molecule has 2 aromatic carbocycles. The van der Waals surface area contributed by atoms with Gasteiger partial charge >= 0.3 is 0 Å². The van der Waals surface area contributed by atoms with Crippen LogP contribution in [0.3, 0.4) is 0 Å². The van der Waals surface area contributed by atoms with Crippen molar-refractivity contribution in [2.24, 2.45) is 0 Å². The maximum Gasteiger partial charge on any atom is 0.122 e. The molecule has 4 heteroatoms. The average molecular weight is 321 g/mol. The van der Waals surface area contributed by atoms with Crippen LogP contribution in [0.15, 0.2) is 54.7 Å². The topological polar surface area (TPSA) is 39.9 Å². The predicted molar refractivity (Wildman–Crippen MR) is 95.3 cm³/mol. The SMILES string of the molecule is CCc1ccc(OC)c(CCc2cn(Cc3ccccc3)nn2)c1. The number of nitrogens with zero attached hydrogens (tertiary/aromatic N) is 3. The van der Waals surface area contributed by atoms with Crippen LogP contribution in [0.5, 0.6) is 5.75 Å². The lowest BCUT2D eigenvalue weighted by atomic mass is 10.0. The van der Waals surface area contributed by atoms with E-state index in [0.717, 1.165) is 37.3 Å². The Hall–Kier alpha value is -2.62. The zero-order valence-corrected chi connectivity index (χ0v) is 14.3. The van der Waals surface area contributed by atoms with Crippen LogP contribution >= 0.6 is 0 Å². The number of ether oxygens (including phenoxy) is 1. The largest absolute Gasteiger partial charge is 0.496 e. The van der Waals surface area contributed by atoms with E-state index in [2.05, 4.69) is 47.6 Å². The molecule has 1 aromatic heterocycles. The van der Waals surface area contributed by atoms with Crippen molar-refractivity contribution in [1.82, 2.24) is 15.0 Å². The van der Waals surface area contributed by atoms with Gasteiger partial charge in [0.1, 0.15) is 5.75 Å². The zero-order chi connectivity index (χ0) is 16.8. The van der Waals surface area contributed by atoms with Crippen LogP contribution in [0.2, 0.25) is 0 Å². The van der Waals surface area contributed by atoms with Gasteiger partial charge in [-0.3, -0.25) is 0 Å². The van der Waals surface area contributed by atoms with Crippen molar-refractivity contribution in [2.75, 3.05) is 7.11 Å². The second-order valence-corrected chi connectivity index (χ2v) is 5.89.